The Kier molecular flexibility index (Phi) is 4.15. The highest BCUT2D eigenvalue weighted by Gasteiger charge is 2.02. The minimum Gasteiger partial charge on any atom is -0.349 e. The van der Waals surface area contributed by atoms with Gasteiger partial charge in [0.05, 0.1) is 12.9 Å². The van der Waals surface area contributed by atoms with Gasteiger partial charge in [-0.05, 0) is 0 Å². The van der Waals surface area contributed by atoms with Gasteiger partial charge in [-0.15, -0.1) is 0 Å². The van der Waals surface area contributed by atoms with E-state index in [0.717, 1.165) is 19.0 Å². The second-order valence-electron chi connectivity index (χ2n) is 3.77. The predicted molar refractivity (Wildman–Crippen MR) is 61.9 cm³/mol. The highest BCUT2D eigenvalue weighted by Crippen LogP contribution is 1.91. The average molecular weight is 209 g/mol. The Labute approximate surface area is 91.0 Å². The zero-order chi connectivity index (χ0) is 11.3. The van der Waals surface area contributed by atoms with Gasteiger partial charge in [0.15, 0.2) is 5.96 Å². The molecule has 1 aromatic rings. The van der Waals surface area contributed by atoms with Gasteiger partial charge in [0.25, 0.3) is 0 Å². The summed E-state index contributed by atoms with van der Waals surface area (Å²) in [5.74, 6) is 0.982. The van der Waals surface area contributed by atoms with Crippen LogP contribution in [0.1, 0.15) is 0 Å². The first-order valence-corrected chi connectivity index (χ1v) is 4.96. The van der Waals surface area contributed by atoms with Gasteiger partial charge in [0.1, 0.15) is 0 Å². The quantitative estimate of drug-likeness (QED) is 0.533. The van der Waals surface area contributed by atoms with Gasteiger partial charge in [0, 0.05) is 47.1 Å². The van der Waals surface area contributed by atoms with Crippen LogP contribution in [-0.4, -0.2) is 60.0 Å². The van der Waals surface area contributed by atoms with Gasteiger partial charge < -0.3 is 14.4 Å². The van der Waals surface area contributed by atoms with Crippen molar-refractivity contribution in [3.8, 4) is 0 Å². The Balaban J connectivity index is 2.47. The molecule has 0 fully saturated rings. The van der Waals surface area contributed by atoms with Crippen LogP contribution in [0.25, 0.3) is 0 Å². The van der Waals surface area contributed by atoms with Gasteiger partial charge in [-0.3, -0.25) is 4.99 Å². The lowest BCUT2D eigenvalue weighted by Gasteiger charge is -2.22. The number of hydrogen-bond acceptors (Lipinski definition) is 2. The maximum atomic E-state index is 4.52. The first-order valence-electron chi connectivity index (χ1n) is 4.96. The smallest absolute Gasteiger partial charge is 0.195 e. The molecule has 0 amide bonds. The third-order valence-electron chi connectivity index (χ3n) is 1.97. The number of rotatable bonds is 3. The van der Waals surface area contributed by atoms with Crippen LogP contribution in [0.2, 0.25) is 0 Å². The average Bonchev–Trinajstić information content (AvgIpc) is 2.63. The van der Waals surface area contributed by atoms with Crippen LogP contribution in [0.4, 0.5) is 0 Å². The third kappa shape index (κ3) is 3.61. The molecule has 15 heavy (non-hydrogen) atoms. The maximum absolute atomic E-state index is 4.52. The molecule has 5 heteroatoms. The molecule has 0 saturated heterocycles. The van der Waals surface area contributed by atoms with Crippen molar-refractivity contribution < 1.29 is 0 Å². The van der Waals surface area contributed by atoms with E-state index >= 15 is 0 Å². The fourth-order valence-corrected chi connectivity index (χ4v) is 1.37. The van der Waals surface area contributed by atoms with Crippen LogP contribution in [-0.2, 0) is 6.54 Å². The topological polar surface area (TPSA) is 36.7 Å². The molecule has 0 aliphatic heterocycles. The summed E-state index contributed by atoms with van der Waals surface area (Å²) in [7, 11) is 7.98. The Hall–Kier alpha value is -1.52. The number of aromatic nitrogens is 2. The second-order valence-corrected chi connectivity index (χ2v) is 3.77. The monoisotopic (exact) mass is 209 g/mol. The van der Waals surface area contributed by atoms with Crippen molar-refractivity contribution in [2.45, 2.75) is 6.54 Å². The van der Waals surface area contributed by atoms with E-state index < -0.39 is 0 Å². The van der Waals surface area contributed by atoms with Gasteiger partial charge >= 0.3 is 0 Å². The number of guanidine groups is 1. The molecule has 0 aromatic carbocycles. The van der Waals surface area contributed by atoms with Crippen molar-refractivity contribution >= 4 is 5.96 Å². The molecular weight excluding hydrogens is 190 g/mol. The summed E-state index contributed by atoms with van der Waals surface area (Å²) >= 11 is 0. The minimum absolute atomic E-state index is 0.766. The van der Waals surface area contributed by atoms with Gasteiger partial charge in [-0.2, -0.15) is 0 Å². The second kappa shape index (κ2) is 5.38. The molecular formula is C10H19N5. The molecule has 0 N–H and O–H groups in total. The molecule has 0 unspecified atom stereocenters. The van der Waals surface area contributed by atoms with Crippen LogP contribution < -0.4 is 0 Å². The van der Waals surface area contributed by atoms with E-state index in [4.69, 9.17) is 0 Å². The van der Waals surface area contributed by atoms with Crippen LogP contribution in [0.3, 0.4) is 0 Å². The molecule has 0 spiro atoms. The highest BCUT2D eigenvalue weighted by atomic mass is 15.3. The normalized spacial score (nSPS) is 9.87. The Morgan fingerprint density at radius 3 is 2.40 bits per heavy atom. The van der Waals surface area contributed by atoms with Crippen LogP contribution >= 0.6 is 0 Å². The van der Waals surface area contributed by atoms with Crippen LogP contribution in [0, 0.1) is 0 Å². The summed E-state index contributed by atoms with van der Waals surface area (Å²) < 4.78 is 2.02. The fourth-order valence-electron chi connectivity index (χ4n) is 1.37. The molecule has 0 saturated carbocycles. The number of hydrogen-bond donors (Lipinski definition) is 0. The molecule has 84 valence electrons. The molecule has 0 atom stereocenters. The summed E-state index contributed by atoms with van der Waals surface area (Å²) in [4.78, 5) is 12.5. The lowest BCUT2D eigenvalue weighted by Crippen LogP contribution is -2.35. The number of nitrogens with zero attached hydrogens (tertiary/aromatic N) is 5. The predicted octanol–water partition coefficient (Wildman–Crippen LogP) is 0.362. The standard InChI is InChI=1S/C10H19N5/c1-13(2)10(14(3)4)12-6-8-15-7-5-11-9-15/h5,7,9H,6,8H2,1-4H3. The van der Waals surface area contributed by atoms with E-state index in [1.807, 2.05) is 48.8 Å². The molecule has 5 nitrogen and oxygen atoms in total. The van der Waals surface area contributed by atoms with Crippen molar-refractivity contribution in [1.29, 1.82) is 0 Å². The lowest BCUT2D eigenvalue weighted by atomic mass is 10.6. The number of imidazole rings is 1. The molecule has 1 rings (SSSR count). The molecule has 1 heterocycles. The SMILES string of the molecule is CN(C)C(=NCCn1ccnc1)N(C)C. The van der Waals surface area contributed by atoms with Crippen molar-refractivity contribution in [2.75, 3.05) is 34.7 Å². The summed E-state index contributed by atoms with van der Waals surface area (Å²) in [6.45, 7) is 1.63. The molecule has 0 aliphatic carbocycles. The van der Waals surface area contributed by atoms with E-state index in [9.17, 15) is 0 Å². The van der Waals surface area contributed by atoms with Gasteiger partial charge in [-0.1, -0.05) is 0 Å². The minimum atomic E-state index is 0.766. The summed E-state index contributed by atoms with van der Waals surface area (Å²) in [6, 6.07) is 0. The fraction of sp³-hybridized carbons (Fsp3) is 0.600. The van der Waals surface area contributed by atoms with E-state index in [1.165, 1.54) is 0 Å². The zero-order valence-corrected chi connectivity index (χ0v) is 9.88. The van der Waals surface area contributed by atoms with Crippen molar-refractivity contribution in [3.05, 3.63) is 18.7 Å². The van der Waals surface area contributed by atoms with Crippen molar-refractivity contribution in [1.82, 2.24) is 19.4 Å². The first-order chi connectivity index (χ1) is 7.11. The first kappa shape index (κ1) is 11.6. The summed E-state index contributed by atoms with van der Waals surface area (Å²) in [5.41, 5.74) is 0. The van der Waals surface area contributed by atoms with Crippen molar-refractivity contribution in [2.24, 2.45) is 4.99 Å². The van der Waals surface area contributed by atoms with E-state index in [1.54, 1.807) is 12.5 Å². The van der Waals surface area contributed by atoms with E-state index in [0.29, 0.717) is 0 Å². The Morgan fingerprint density at radius 2 is 1.93 bits per heavy atom. The molecule has 0 radical (unpaired) electrons. The third-order valence-corrected chi connectivity index (χ3v) is 1.97. The van der Waals surface area contributed by atoms with E-state index in [2.05, 4.69) is 9.98 Å². The Bertz CT molecular complexity index is 290. The molecule has 1 aromatic heterocycles. The summed E-state index contributed by atoms with van der Waals surface area (Å²) in [5, 5.41) is 0. The Morgan fingerprint density at radius 1 is 1.27 bits per heavy atom. The zero-order valence-electron chi connectivity index (χ0n) is 9.88. The number of aliphatic imine (C=N–C) groups is 1. The maximum Gasteiger partial charge on any atom is 0.195 e. The summed E-state index contributed by atoms with van der Waals surface area (Å²) in [6.07, 6.45) is 5.53. The largest absolute Gasteiger partial charge is 0.349 e. The van der Waals surface area contributed by atoms with Crippen LogP contribution in [0.5, 0.6) is 0 Å². The highest BCUT2D eigenvalue weighted by molar-refractivity contribution is 5.79. The lowest BCUT2D eigenvalue weighted by molar-refractivity contribution is 0.477. The van der Waals surface area contributed by atoms with E-state index in [-0.39, 0.29) is 0 Å². The molecule has 0 aliphatic rings. The molecule has 0 bridgehead atoms. The van der Waals surface area contributed by atoms with Crippen LogP contribution in [0.15, 0.2) is 23.7 Å². The van der Waals surface area contributed by atoms with Gasteiger partial charge in [0.2, 0.25) is 0 Å². The van der Waals surface area contributed by atoms with Gasteiger partial charge in [-0.25, -0.2) is 4.98 Å². The van der Waals surface area contributed by atoms with Crippen molar-refractivity contribution in [3.63, 3.8) is 0 Å².